The highest BCUT2D eigenvalue weighted by molar-refractivity contribution is 5.46. The standard InChI is InChI=1S/C11H14N4O/c1-16-11(4-2-3-5-11)10-14-7-8(6-12)9(13)15-10/h7H,2-5H2,1H3,(H2,13,14,15). The van der Waals surface area contributed by atoms with Crippen molar-refractivity contribution in [3.8, 4) is 6.07 Å². The molecule has 1 aliphatic rings. The van der Waals surface area contributed by atoms with Crippen LogP contribution in [0, 0.1) is 11.3 Å². The van der Waals surface area contributed by atoms with Crippen molar-refractivity contribution in [1.82, 2.24) is 9.97 Å². The molecule has 1 aromatic heterocycles. The van der Waals surface area contributed by atoms with E-state index < -0.39 is 5.60 Å². The first kappa shape index (κ1) is 10.8. The van der Waals surface area contributed by atoms with Crippen LogP contribution >= 0.6 is 0 Å². The van der Waals surface area contributed by atoms with Crippen LogP contribution in [0.5, 0.6) is 0 Å². The molecule has 5 heteroatoms. The van der Waals surface area contributed by atoms with E-state index in [0.717, 1.165) is 25.7 Å². The average molecular weight is 218 g/mol. The van der Waals surface area contributed by atoms with Crippen molar-refractivity contribution in [1.29, 1.82) is 5.26 Å². The van der Waals surface area contributed by atoms with E-state index in [4.69, 9.17) is 15.7 Å². The number of aromatic nitrogens is 2. The number of rotatable bonds is 2. The maximum Gasteiger partial charge on any atom is 0.162 e. The molecule has 0 unspecified atom stereocenters. The molecule has 1 aliphatic carbocycles. The maximum atomic E-state index is 8.75. The SMILES string of the molecule is COC1(c2ncc(C#N)c(N)n2)CCCC1. The number of anilines is 1. The Morgan fingerprint density at radius 2 is 2.19 bits per heavy atom. The first-order chi connectivity index (χ1) is 7.72. The van der Waals surface area contributed by atoms with Crippen LogP contribution in [-0.2, 0) is 10.3 Å². The minimum absolute atomic E-state index is 0.232. The van der Waals surface area contributed by atoms with Crippen molar-refractivity contribution in [2.45, 2.75) is 31.3 Å². The highest BCUT2D eigenvalue weighted by Gasteiger charge is 2.38. The van der Waals surface area contributed by atoms with E-state index >= 15 is 0 Å². The van der Waals surface area contributed by atoms with E-state index in [1.807, 2.05) is 6.07 Å². The van der Waals surface area contributed by atoms with E-state index in [1.54, 1.807) is 7.11 Å². The molecule has 0 amide bonds. The first-order valence-corrected chi connectivity index (χ1v) is 5.30. The number of ether oxygens (including phenoxy) is 1. The number of hydrogen-bond donors (Lipinski definition) is 1. The van der Waals surface area contributed by atoms with Gasteiger partial charge in [-0.2, -0.15) is 5.26 Å². The fourth-order valence-corrected chi connectivity index (χ4v) is 2.17. The minimum atomic E-state index is -0.401. The predicted molar refractivity (Wildman–Crippen MR) is 58.3 cm³/mol. The zero-order valence-corrected chi connectivity index (χ0v) is 9.23. The molecule has 0 aliphatic heterocycles. The van der Waals surface area contributed by atoms with E-state index in [-0.39, 0.29) is 5.82 Å². The lowest BCUT2D eigenvalue weighted by molar-refractivity contribution is -0.0161. The quantitative estimate of drug-likeness (QED) is 0.809. The number of nitrogens with zero attached hydrogens (tertiary/aromatic N) is 3. The molecular formula is C11H14N4O. The number of nitrogens with two attached hydrogens (primary N) is 1. The van der Waals surface area contributed by atoms with Gasteiger partial charge in [0.1, 0.15) is 23.1 Å². The molecule has 0 aromatic carbocycles. The molecule has 5 nitrogen and oxygen atoms in total. The zero-order valence-electron chi connectivity index (χ0n) is 9.23. The Kier molecular flexibility index (Phi) is 2.75. The normalized spacial score (nSPS) is 18.2. The summed E-state index contributed by atoms with van der Waals surface area (Å²) in [4.78, 5) is 8.38. The molecule has 1 heterocycles. The van der Waals surface area contributed by atoms with Gasteiger partial charge in [-0.15, -0.1) is 0 Å². The topological polar surface area (TPSA) is 84.8 Å². The fraction of sp³-hybridized carbons (Fsp3) is 0.545. The molecule has 0 bridgehead atoms. The van der Waals surface area contributed by atoms with Gasteiger partial charge in [0.25, 0.3) is 0 Å². The predicted octanol–water partition coefficient (Wildman–Crippen LogP) is 1.35. The first-order valence-electron chi connectivity index (χ1n) is 5.30. The third kappa shape index (κ3) is 1.61. The van der Waals surface area contributed by atoms with E-state index in [9.17, 15) is 0 Å². The Bertz CT molecular complexity index is 432. The van der Waals surface area contributed by atoms with Crippen molar-refractivity contribution in [3.05, 3.63) is 17.6 Å². The van der Waals surface area contributed by atoms with Crippen LogP contribution in [0.15, 0.2) is 6.20 Å². The van der Waals surface area contributed by atoms with Gasteiger partial charge in [-0.1, -0.05) is 0 Å². The van der Waals surface area contributed by atoms with E-state index in [0.29, 0.717) is 11.4 Å². The largest absolute Gasteiger partial charge is 0.382 e. The van der Waals surface area contributed by atoms with Gasteiger partial charge in [-0.3, -0.25) is 0 Å². The summed E-state index contributed by atoms with van der Waals surface area (Å²) in [5.74, 6) is 0.833. The minimum Gasteiger partial charge on any atom is -0.382 e. The second kappa shape index (κ2) is 4.06. The maximum absolute atomic E-state index is 8.75. The molecule has 1 saturated carbocycles. The molecule has 16 heavy (non-hydrogen) atoms. The Morgan fingerprint density at radius 1 is 1.50 bits per heavy atom. The van der Waals surface area contributed by atoms with Gasteiger partial charge in [-0.25, -0.2) is 9.97 Å². The highest BCUT2D eigenvalue weighted by Crippen LogP contribution is 2.40. The summed E-state index contributed by atoms with van der Waals surface area (Å²) in [5.41, 5.74) is 5.60. The summed E-state index contributed by atoms with van der Waals surface area (Å²) in [6.45, 7) is 0. The van der Waals surface area contributed by atoms with Crippen molar-refractivity contribution < 1.29 is 4.74 Å². The van der Waals surface area contributed by atoms with Gasteiger partial charge in [-0.05, 0) is 25.7 Å². The van der Waals surface area contributed by atoms with Crippen LogP contribution in [-0.4, -0.2) is 17.1 Å². The molecule has 1 aromatic rings. The lowest BCUT2D eigenvalue weighted by Crippen LogP contribution is -2.27. The highest BCUT2D eigenvalue weighted by atomic mass is 16.5. The number of nitrogen functional groups attached to an aromatic ring is 1. The van der Waals surface area contributed by atoms with E-state index in [1.165, 1.54) is 6.20 Å². The molecule has 1 fully saturated rings. The lowest BCUT2D eigenvalue weighted by Gasteiger charge is -2.25. The van der Waals surface area contributed by atoms with Gasteiger partial charge in [0.15, 0.2) is 5.82 Å². The van der Waals surface area contributed by atoms with Crippen LogP contribution in [0.4, 0.5) is 5.82 Å². The van der Waals surface area contributed by atoms with Crippen molar-refractivity contribution in [3.63, 3.8) is 0 Å². The Hall–Kier alpha value is -1.67. The summed E-state index contributed by atoms with van der Waals surface area (Å²) in [6.07, 6.45) is 5.51. The van der Waals surface area contributed by atoms with Crippen LogP contribution in [0.25, 0.3) is 0 Å². The number of methoxy groups -OCH3 is 1. The number of nitriles is 1. The summed E-state index contributed by atoms with van der Waals surface area (Å²) in [6, 6.07) is 1.95. The summed E-state index contributed by atoms with van der Waals surface area (Å²) < 4.78 is 5.55. The zero-order chi connectivity index (χ0) is 11.6. The monoisotopic (exact) mass is 218 g/mol. The van der Waals surface area contributed by atoms with Gasteiger partial charge in [0, 0.05) is 7.11 Å². The van der Waals surface area contributed by atoms with Crippen molar-refractivity contribution in [2.24, 2.45) is 0 Å². The van der Waals surface area contributed by atoms with Crippen LogP contribution in [0.3, 0.4) is 0 Å². The second-order valence-corrected chi connectivity index (χ2v) is 4.01. The van der Waals surface area contributed by atoms with Crippen LogP contribution < -0.4 is 5.73 Å². The average Bonchev–Trinajstić information content (AvgIpc) is 2.78. The Morgan fingerprint density at radius 3 is 2.69 bits per heavy atom. The molecule has 0 radical (unpaired) electrons. The fourth-order valence-electron chi connectivity index (χ4n) is 2.17. The van der Waals surface area contributed by atoms with Gasteiger partial charge in [0.2, 0.25) is 0 Å². The molecule has 84 valence electrons. The second-order valence-electron chi connectivity index (χ2n) is 4.01. The van der Waals surface area contributed by atoms with Gasteiger partial charge in [0.05, 0.1) is 6.20 Å². The summed E-state index contributed by atoms with van der Waals surface area (Å²) in [5, 5.41) is 8.75. The number of hydrogen-bond acceptors (Lipinski definition) is 5. The molecule has 0 spiro atoms. The summed E-state index contributed by atoms with van der Waals surface area (Å²) in [7, 11) is 1.67. The molecule has 2 rings (SSSR count). The molecule has 2 N–H and O–H groups in total. The van der Waals surface area contributed by atoms with E-state index in [2.05, 4.69) is 9.97 Å². The summed E-state index contributed by atoms with van der Waals surface area (Å²) >= 11 is 0. The smallest absolute Gasteiger partial charge is 0.162 e. The molecular weight excluding hydrogens is 204 g/mol. The molecule has 0 atom stereocenters. The Balaban J connectivity index is 2.40. The van der Waals surface area contributed by atoms with Crippen molar-refractivity contribution in [2.75, 3.05) is 12.8 Å². The Labute approximate surface area is 94.3 Å². The third-order valence-corrected chi connectivity index (χ3v) is 3.15. The molecule has 0 saturated heterocycles. The van der Waals surface area contributed by atoms with Crippen molar-refractivity contribution >= 4 is 5.82 Å². The van der Waals surface area contributed by atoms with Crippen LogP contribution in [0.1, 0.15) is 37.1 Å². The third-order valence-electron chi connectivity index (χ3n) is 3.15. The van der Waals surface area contributed by atoms with Gasteiger partial charge >= 0.3 is 0 Å². The lowest BCUT2D eigenvalue weighted by atomic mass is 10.0. The van der Waals surface area contributed by atoms with Crippen LogP contribution in [0.2, 0.25) is 0 Å². The van der Waals surface area contributed by atoms with Gasteiger partial charge < -0.3 is 10.5 Å².